The molecule has 0 aliphatic heterocycles. The van der Waals surface area contributed by atoms with E-state index >= 15 is 0 Å². The third-order valence-corrected chi connectivity index (χ3v) is 6.59. The Morgan fingerprint density at radius 1 is 1.16 bits per heavy atom. The first-order valence-electron chi connectivity index (χ1n) is 9.81. The summed E-state index contributed by atoms with van der Waals surface area (Å²) in [4.78, 5) is 12.5. The van der Waals surface area contributed by atoms with Crippen molar-refractivity contribution in [1.29, 1.82) is 5.26 Å². The van der Waals surface area contributed by atoms with Crippen LogP contribution in [0.5, 0.6) is 0 Å². The lowest BCUT2D eigenvalue weighted by molar-refractivity contribution is 0.0953. The number of aryl methyl sites for hydroxylation is 1. The minimum absolute atomic E-state index is 0.00771. The number of nitriles is 1. The number of nitrogens with one attached hydrogen (secondary N) is 1. The molecule has 1 amide bonds. The molecular weight excluding hydrogens is 414 g/mol. The van der Waals surface area contributed by atoms with Gasteiger partial charge in [0, 0.05) is 12.1 Å². The third-order valence-electron chi connectivity index (χ3n) is 4.84. The van der Waals surface area contributed by atoms with Gasteiger partial charge in [-0.05, 0) is 49.2 Å². The van der Waals surface area contributed by atoms with Gasteiger partial charge in [0.15, 0.2) is 9.84 Å². The highest BCUT2D eigenvalue weighted by molar-refractivity contribution is 7.91. The number of carbonyl (C=O) groups excluding carboxylic acids is 1. The van der Waals surface area contributed by atoms with Crippen LogP contribution in [0.25, 0.3) is 5.69 Å². The maximum absolute atomic E-state index is 12.3. The number of benzene rings is 2. The van der Waals surface area contributed by atoms with E-state index in [-0.39, 0.29) is 22.4 Å². The number of anilines is 1. The monoisotopic (exact) mass is 437 g/mol. The summed E-state index contributed by atoms with van der Waals surface area (Å²) in [6, 6.07) is 17.3. The molecule has 0 radical (unpaired) electrons. The van der Waals surface area contributed by atoms with Crippen molar-refractivity contribution in [3.8, 4) is 11.8 Å². The van der Waals surface area contributed by atoms with Crippen LogP contribution in [0.4, 0.5) is 5.82 Å². The van der Waals surface area contributed by atoms with Gasteiger partial charge in [-0.25, -0.2) is 13.1 Å². The van der Waals surface area contributed by atoms with Gasteiger partial charge >= 0.3 is 0 Å². The van der Waals surface area contributed by atoms with E-state index in [1.807, 2.05) is 30.3 Å². The lowest BCUT2D eigenvalue weighted by atomic mass is 10.1. The number of nitrogens with two attached hydrogens (primary N) is 1. The number of rotatable bonds is 8. The van der Waals surface area contributed by atoms with Gasteiger partial charge in [0.25, 0.3) is 5.91 Å². The zero-order valence-corrected chi connectivity index (χ0v) is 17.9. The molecule has 9 heteroatoms. The second-order valence-corrected chi connectivity index (χ2v) is 9.13. The van der Waals surface area contributed by atoms with E-state index in [9.17, 15) is 18.5 Å². The van der Waals surface area contributed by atoms with Crippen molar-refractivity contribution in [2.45, 2.75) is 24.7 Å². The molecule has 0 saturated carbocycles. The van der Waals surface area contributed by atoms with Gasteiger partial charge in [0.1, 0.15) is 17.5 Å². The molecule has 3 aromatic rings. The van der Waals surface area contributed by atoms with Crippen molar-refractivity contribution >= 4 is 21.6 Å². The minimum atomic E-state index is -3.30. The molecule has 0 aliphatic rings. The van der Waals surface area contributed by atoms with Crippen LogP contribution in [0.2, 0.25) is 0 Å². The van der Waals surface area contributed by atoms with E-state index in [4.69, 9.17) is 5.73 Å². The van der Waals surface area contributed by atoms with Crippen LogP contribution < -0.4 is 11.1 Å². The third kappa shape index (κ3) is 4.92. The Kier molecular flexibility index (Phi) is 6.72. The summed E-state index contributed by atoms with van der Waals surface area (Å²) >= 11 is 0. The average molecular weight is 438 g/mol. The molecule has 0 atom stereocenters. The highest BCUT2D eigenvalue weighted by Crippen LogP contribution is 2.21. The van der Waals surface area contributed by atoms with E-state index in [0.717, 1.165) is 5.69 Å². The predicted octanol–water partition coefficient (Wildman–Crippen LogP) is 2.48. The second kappa shape index (κ2) is 9.45. The Bertz CT molecular complexity index is 1210. The molecule has 0 bridgehead atoms. The Labute approximate surface area is 181 Å². The van der Waals surface area contributed by atoms with Crippen molar-refractivity contribution in [3.05, 3.63) is 71.4 Å². The topological polar surface area (TPSA) is 131 Å². The first kappa shape index (κ1) is 22.1. The summed E-state index contributed by atoms with van der Waals surface area (Å²) < 4.78 is 25.3. The van der Waals surface area contributed by atoms with Crippen LogP contribution in [0.3, 0.4) is 0 Å². The standard InChI is InChI=1S/C22H23N5O3S/c1-2-31(29,30)18-12-10-16(11-13-18)22(28)25-14-6-9-20-19(15-23)21(24)27(26-20)17-7-4-3-5-8-17/h3-5,7-8,10-13H,2,6,9,14,24H2,1H3,(H,25,28). The number of sulfone groups is 1. The summed E-state index contributed by atoms with van der Waals surface area (Å²) in [5.74, 6) is -0.00142. The normalized spacial score (nSPS) is 11.1. The number of para-hydroxylation sites is 1. The summed E-state index contributed by atoms with van der Waals surface area (Å²) in [5, 5.41) is 16.7. The maximum atomic E-state index is 12.3. The number of nitrogens with zero attached hydrogens (tertiary/aromatic N) is 3. The van der Waals surface area contributed by atoms with Crippen molar-refractivity contribution in [2.75, 3.05) is 18.0 Å². The smallest absolute Gasteiger partial charge is 0.251 e. The van der Waals surface area contributed by atoms with Crippen LogP contribution in [0.15, 0.2) is 59.5 Å². The lowest BCUT2D eigenvalue weighted by Gasteiger charge is -2.06. The Balaban J connectivity index is 1.60. The molecule has 1 aromatic heterocycles. The minimum Gasteiger partial charge on any atom is -0.382 e. The molecule has 3 rings (SSSR count). The van der Waals surface area contributed by atoms with Crippen LogP contribution in [-0.2, 0) is 16.3 Å². The van der Waals surface area contributed by atoms with Crippen LogP contribution in [0, 0.1) is 11.3 Å². The fraction of sp³-hybridized carbons (Fsp3) is 0.227. The van der Waals surface area contributed by atoms with Gasteiger partial charge in [-0.3, -0.25) is 4.79 Å². The molecule has 8 nitrogen and oxygen atoms in total. The molecule has 160 valence electrons. The number of amides is 1. The van der Waals surface area contributed by atoms with E-state index in [2.05, 4.69) is 16.5 Å². The quantitative estimate of drug-likeness (QED) is 0.521. The molecule has 3 N–H and O–H groups in total. The molecule has 1 heterocycles. The van der Waals surface area contributed by atoms with Crippen molar-refractivity contribution < 1.29 is 13.2 Å². The maximum Gasteiger partial charge on any atom is 0.251 e. The highest BCUT2D eigenvalue weighted by atomic mass is 32.2. The summed E-state index contributed by atoms with van der Waals surface area (Å²) in [6.07, 6.45) is 1.04. The average Bonchev–Trinajstić information content (AvgIpc) is 3.12. The highest BCUT2D eigenvalue weighted by Gasteiger charge is 2.16. The molecule has 0 spiro atoms. The van der Waals surface area contributed by atoms with Crippen molar-refractivity contribution in [3.63, 3.8) is 0 Å². The fourth-order valence-corrected chi connectivity index (χ4v) is 3.97. The SMILES string of the molecule is CCS(=O)(=O)c1ccc(C(=O)NCCCc2nn(-c3ccccc3)c(N)c2C#N)cc1. The van der Waals surface area contributed by atoms with Crippen LogP contribution >= 0.6 is 0 Å². The summed E-state index contributed by atoms with van der Waals surface area (Å²) in [7, 11) is -3.30. The molecule has 0 unspecified atom stereocenters. The molecular formula is C22H23N5O3S. The first-order chi connectivity index (χ1) is 14.9. The van der Waals surface area contributed by atoms with E-state index < -0.39 is 9.84 Å². The number of hydrogen-bond acceptors (Lipinski definition) is 6. The van der Waals surface area contributed by atoms with E-state index in [1.54, 1.807) is 11.6 Å². The number of nitrogen functional groups attached to an aromatic ring is 1. The number of hydrogen-bond donors (Lipinski definition) is 2. The van der Waals surface area contributed by atoms with Crippen molar-refractivity contribution in [1.82, 2.24) is 15.1 Å². The summed E-state index contributed by atoms with van der Waals surface area (Å²) in [5.41, 5.74) is 8.15. The number of aromatic nitrogens is 2. The van der Waals surface area contributed by atoms with Gasteiger partial charge in [0.2, 0.25) is 0 Å². The van der Waals surface area contributed by atoms with Crippen LogP contribution in [-0.4, -0.2) is 36.4 Å². The van der Waals surface area contributed by atoms with Gasteiger partial charge in [-0.2, -0.15) is 10.4 Å². The lowest BCUT2D eigenvalue weighted by Crippen LogP contribution is -2.24. The van der Waals surface area contributed by atoms with E-state index in [0.29, 0.717) is 36.2 Å². The largest absolute Gasteiger partial charge is 0.382 e. The summed E-state index contributed by atoms with van der Waals surface area (Å²) in [6.45, 7) is 1.95. The molecule has 0 saturated heterocycles. The first-order valence-corrected chi connectivity index (χ1v) is 11.5. The Hall–Kier alpha value is -3.64. The Morgan fingerprint density at radius 3 is 2.45 bits per heavy atom. The zero-order chi connectivity index (χ0) is 22.4. The van der Waals surface area contributed by atoms with Gasteiger partial charge in [0.05, 0.1) is 22.0 Å². The number of carbonyl (C=O) groups is 1. The molecule has 0 fully saturated rings. The Morgan fingerprint density at radius 2 is 1.84 bits per heavy atom. The van der Waals surface area contributed by atoms with Crippen molar-refractivity contribution in [2.24, 2.45) is 0 Å². The fourth-order valence-electron chi connectivity index (χ4n) is 3.08. The zero-order valence-electron chi connectivity index (χ0n) is 17.1. The predicted molar refractivity (Wildman–Crippen MR) is 118 cm³/mol. The molecule has 0 aliphatic carbocycles. The second-order valence-electron chi connectivity index (χ2n) is 6.85. The molecule has 31 heavy (non-hydrogen) atoms. The van der Waals surface area contributed by atoms with Gasteiger partial charge in [-0.15, -0.1) is 0 Å². The molecule has 2 aromatic carbocycles. The van der Waals surface area contributed by atoms with E-state index in [1.165, 1.54) is 24.3 Å². The van der Waals surface area contributed by atoms with Gasteiger partial charge < -0.3 is 11.1 Å². The van der Waals surface area contributed by atoms with Gasteiger partial charge in [-0.1, -0.05) is 25.1 Å². The van der Waals surface area contributed by atoms with Crippen LogP contribution in [0.1, 0.15) is 35.0 Å².